The highest BCUT2D eigenvalue weighted by atomic mass is 35.5. The number of anilines is 2. The Balaban J connectivity index is 0.778. The van der Waals surface area contributed by atoms with E-state index in [0.29, 0.717) is 66.7 Å². The molecule has 4 saturated heterocycles. The van der Waals surface area contributed by atoms with Crippen molar-refractivity contribution in [2.24, 2.45) is 25.0 Å². The Bertz CT molecular complexity index is 2900. The minimum atomic E-state index is -1.00. The number of imidazole rings is 1. The highest BCUT2D eigenvalue weighted by Crippen LogP contribution is 2.32. The number of aliphatic imine (C=N–C) groups is 1. The van der Waals surface area contributed by atoms with Crippen molar-refractivity contribution in [2.45, 2.75) is 38.3 Å². The summed E-state index contributed by atoms with van der Waals surface area (Å²) in [7, 11) is 4.55. The fourth-order valence-corrected chi connectivity index (χ4v) is 10.1. The van der Waals surface area contributed by atoms with Crippen molar-refractivity contribution in [3.8, 4) is 0 Å². The summed E-state index contributed by atoms with van der Waals surface area (Å²) in [5.41, 5.74) is 1.36. The van der Waals surface area contributed by atoms with Crippen LogP contribution in [0.2, 0.25) is 10.0 Å². The lowest BCUT2D eigenvalue weighted by Gasteiger charge is -2.41. The van der Waals surface area contributed by atoms with Crippen LogP contribution in [0.3, 0.4) is 0 Å². The van der Waals surface area contributed by atoms with Crippen LogP contribution in [0.5, 0.6) is 0 Å². The molecule has 2 aromatic carbocycles. The van der Waals surface area contributed by atoms with Crippen LogP contribution >= 0.6 is 23.2 Å². The van der Waals surface area contributed by atoms with E-state index in [1.54, 1.807) is 49.0 Å². The van der Waals surface area contributed by atoms with Gasteiger partial charge in [-0.2, -0.15) is 4.98 Å². The number of halogens is 2. The van der Waals surface area contributed by atoms with E-state index in [0.717, 1.165) is 60.7 Å². The maximum atomic E-state index is 13.9. The number of hydrogen-bond donors (Lipinski definition) is 1. The number of hydrogen-bond acceptors (Lipinski definition) is 13. The fraction of sp³-hybridized carbons (Fsp3) is 0.457. The standard InChI is InChI=1S/C46H52Cl2N12O8/c1-27(29-5-8-33(47)34(48)23-29)68-37(49-2)26-59-38-39(52(3)45(66)53(4)43(38)65)51-44(59)56-19-21-58(22-20-56)46(67)57-13-11-28(12-14-57)25-54-15-17-55(18-16-54)30-6-7-31-32(24-30)42(64)60(41(31)63)35-9-10-36(61)50-40(35)62/h5-8,23-24,28,35H,1,9-22,25-26H2,2-4H3,(H,50,61,62). The number of piperidine rings is 2. The summed E-state index contributed by atoms with van der Waals surface area (Å²) in [6.07, 6.45) is 1.95. The number of benzene rings is 2. The molecule has 2 aromatic heterocycles. The number of aromatic nitrogens is 4. The number of urea groups is 1. The second-order valence-corrected chi connectivity index (χ2v) is 18.6. The van der Waals surface area contributed by atoms with Gasteiger partial charge in [-0.15, -0.1) is 0 Å². The van der Waals surface area contributed by atoms with Crippen LogP contribution in [0, 0.1) is 5.92 Å². The van der Waals surface area contributed by atoms with Gasteiger partial charge in [-0.05, 0) is 61.6 Å². The Hall–Kier alpha value is -6.51. The van der Waals surface area contributed by atoms with Crippen molar-refractivity contribution in [3.63, 3.8) is 0 Å². The lowest BCUT2D eigenvalue weighted by molar-refractivity contribution is -0.136. The molecule has 4 aromatic rings. The second-order valence-electron chi connectivity index (χ2n) is 17.8. The van der Waals surface area contributed by atoms with Crippen molar-refractivity contribution >= 4 is 87.3 Å². The molecular weight excluding hydrogens is 919 g/mol. The zero-order valence-electron chi connectivity index (χ0n) is 38.1. The van der Waals surface area contributed by atoms with Crippen LogP contribution in [0.15, 0.2) is 57.6 Å². The average molecular weight is 972 g/mol. The van der Waals surface area contributed by atoms with Crippen molar-refractivity contribution in [3.05, 3.63) is 90.6 Å². The zero-order chi connectivity index (χ0) is 48.1. The maximum Gasteiger partial charge on any atom is 0.332 e. The molecule has 4 fully saturated rings. The number of likely N-dealkylation sites (tertiary alicyclic amines) is 1. The summed E-state index contributed by atoms with van der Waals surface area (Å²) in [6, 6.07) is 9.22. The molecule has 20 nitrogen and oxygen atoms in total. The van der Waals surface area contributed by atoms with Crippen LogP contribution in [0.4, 0.5) is 16.4 Å². The topological polar surface area (TPSA) is 200 Å². The van der Waals surface area contributed by atoms with Crippen LogP contribution in [-0.2, 0) is 35.0 Å². The number of fused-ring (bicyclic) bond motifs is 2. The molecule has 5 aliphatic heterocycles. The quantitative estimate of drug-likeness (QED) is 0.112. The van der Waals surface area contributed by atoms with Gasteiger partial charge in [0.05, 0.1) is 21.2 Å². The van der Waals surface area contributed by atoms with Crippen LogP contribution < -0.4 is 26.4 Å². The number of amides is 6. The number of nitrogens with zero attached hydrogens (tertiary/aromatic N) is 11. The second kappa shape index (κ2) is 18.9. The minimum Gasteiger partial charge on any atom is -0.441 e. The van der Waals surface area contributed by atoms with Gasteiger partial charge in [-0.3, -0.25) is 57.8 Å². The number of piperazine rings is 2. The lowest BCUT2D eigenvalue weighted by atomic mass is 9.96. The molecule has 7 heterocycles. The first-order valence-electron chi connectivity index (χ1n) is 22.7. The van der Waals surface area contributed by atoms with Gasteiger partial charge in [-0.1, -0.05) is 29.8 Å². The number of carbonyl (C=O) groups is 5. The highest BCUT2D eigenvalue weighted by Gasteiger charge is 2.45. The molecule has 22 heteroatoms. The van der Waals surface area contributed by atoms with E-state index < -0.39 is 40.9 Å². The van der Waals surface area contributed by atoms with Gasteiger partial charge in [0.1, 0.15) is 18.3 Å². The molecule has 5 aliphatic rings. The van der Waals surface area contributed by atoms with E-state index in [1.807, 2.05) is 20.8 Å². The highest BCUT2D eigenvalue weighted by molar-refractivity contribution is 6.42. The van der Waals surface area contributed by atoms with E-state index in [-0.39, 0.29) is 59.4 Å². The number of rotatable bonds is 9. The number of aryl methyl sites for hydroxylation is 1. The molecular formula is C46H52Cl2N12O8. The number of carbonyl (C=O) groups excluding carboxylic acids is 5. The smallest absolute Gasteiger partial charge is 0.332 e. The largest absolute Gasteiger partial charge is 0.441 e. The number of ether oxygens (including phenoxy) is 1. The third-order valence-electron chi connectivity index (χ3n) is 13.7. The predicted molar refractivity (Wildman–Crippen MR) is 255 cm³/mol. The molecule has 1 unspecified atom stereocenters. The third-order valence-corrected chi connectivity index (χ3v) is 14.5. The normalized spacial score (nSPS) is 19.9. The van der Waals surface area contributed by atoms with E-state index in [1.165, 1.54) is 11.6 Å². The lowest BCUT2D eigenvalue weighted by Crippen LogP contribution is -2.55. The monoisotopic (exact) mass is 970 g/mol. The number of imide groups is 2. The van der Waals surface area contributed by atoms with Crippen molar-refractivity contribution in [1.29, 1.82) is 0 Å². The van der Waals surface area contributed by atoms with Gasteiger partial charge in [-0.25, -0.2) is 9.59 Å². The molecule has 6 amide bonds. The third kappa shape index (κ3) is 8.75. The molecule has 358 valence electrons. The summed E-state index contributed by atoms with van der Waals surface area (Å²) in [5.74, 6) is -0.706. The zero-order valence-corrected chi connectivity index (χ0v) is 39.6. The van der Waals surface area contributed by atoms with E-state index in [4.69, 9.17) is 32.9 Å². The van der Waals surface area contributed by atoms with Gasteiger partial charge in [0, 0.05) is 111 Å². The molecule has 9 rings (SSSR count). The summed E-state index contributed by atoms with van der Waals surface area (Å²) < 4.78 is 10.2. The van der Waals surface area contributed by atoms with Gasteiger partial charge in [0.2, 0.25) is 23.7 Å². The van der Waals surface area contributed by atoms with Gasteiger partial charge in [0.25, 0.3) is 17.4 Å². The minimum absolute atomic E-state index is 0.00545. The molecule has 0 bridgehead atoms. The Morgan fingerprint density at radius 1 is 0.809 bits per heavy atom. The SMILES string of the molecule is C=C(OC(Cn1c(N2CCN(C(=O)N3CCC(CN4CCN(c5ccc6c(c5)C(=O)N(C5CCC(=O)NC5=O)C6=O)CC4)CC3)CC2)nc2c1c(=O)n(C)c(=O)n2C)=NC)c1ccc(Cl)c(Cl)c1. The molecule has 1 atom stereocenters. The average Bonchev–Trinajstić information content (AvgIpc) is 3.84. The van der Waals surface area contributed by atoms with Crippen LogP contribution in [0.1, 0.15) is 52.0 Å². The van der Waals surface area contributed by atoms with E-state index in [2.05, 4.69) is 26.7 Å². The van der Waals surface area contributed by atoms with E-state index >= 15 is 0 Å². The Morgan fingerprint density at radius 3 is 2.16 bits per heavy atom. The molecule has 1 N–H and O–H groups in total. The summed E-state index contributed by atoms with van der Waals surface area (Å²) >= 11 is 12.4. The maximum absolute atomic E-state index is 13.9. The summed E-state index contributed by atoms with van der Waals surface area (Å²) in [4.78, 5) is 112. The van der Waals surface area contributed by atoms with Crippen molar-refractivity contribution < 1.29 is 28.7 Å². The first-order valence-corrected chi connectivity index (χ1v) is 23.4. The van der Waals surface area contributed by atoms with E-state index in [9.17, 15) is 33.6 Å². The molecule has 0 radical (unpaired) electrons. The molecule has 0 aliphatic carbocycles. The molecule has 0 saturated carbocycles. The summed E-state index contributed by atoms with van der Waals surface area (Å²) in [5, 5.41) is 2.96. The Kier molecular flexibility index (Phi) is 12.9. The first-order chi connectivity index (χ1) is 32.6. The van der Waals surface area contributed by atoms with Crippen molar-refractivity contribution in [2.75, 3.05) is 88.8 Å². The number of nitrogens with one attached hydrogen (secondary N) is 1. The van der Waals surface area contributed by atoms with Gasteiger partial charge in [0.15, 0.2) is 11.2 Å². The van der Waals surface area contributed by atoms with Gasteiger partial charge >= 0.3 is 11.7 Å². The van der Waals surface area contributed by atoms with Crippen LogP contribution in [-0.4, -0.2) is 159 Å². The summed E-state index contributed by atoms with van der Waals surface area (Å²) in [6.45, 7) is 11.1. The molecule has 68 heavy (non-hydrogen) atoms. The van der Waals surface area contributed by atoms with Gasteiger partial charge < -0.3 is 24.3 Å². The molecule has 0 spiro atoms. The Labute approximate surface area is 400 Å². The van der Waals surface area contributed by atoms with Crippen molar-refractivity contribution in [1.82, 2.24) is 43.6 Å². The fourth-order valence-electron chi connectivity index (χ4n) is 9.79. The van der Waals surface area contributed by atoms with Crippen LogP contribution in [0.25, 0.3) is 16.9 Å². The first kappa shape index (κ1) is 46.6. The Morgan fingerprint density at radius 2 is 1.49 bits per heavy atom. The predicted octanol–water partition coefficient (Wildman–Crippen LogP) is 2.63.